The molecule has 0 fully saturated rings. The van der Waals surface area contributed by atoms with Crippen molar-refractivity contribution in [3.05, 3.63) is 95.2 Å². The third-order valence-electron chi connectivity index (χ3n) is 5.83. The first-order valence-corrected chi connectivity index (χ1v) is 10.7. The number of carbonyl (C=O) groups is 1. The Hall–Kier alpha value is -3.87. The summed E-state index contributed by atoms with van der Waals surface area (Å²) in [6, 6.07) is 16.1. The second kappa shape index (κ2) is 8.70. The number of hydrogen-bond acceptors (Lipinski definition) is 4. The Labute approximate surface area is 185 Å². The van der Waals surface area contributed by atoms with Gasteiger partial charge in [-0.1, -0.05) is 35.5 Å². The molecular weight excluding hydrogens is 405 g/mol. The number of aryl methyl sites for hydroxylation is 1. The lowest BCUT2D eigenvalue weighted by Crippen LogP contribution is -2.17. The number of pyridine rings is 1. The molecular formula is C25H22FN5O. The number of fused-ring (bicyclic) bond motifs is 1. The molecule has 0 saturated carbocycles. The molecule has 5 rings (SSSR count). The van der Waals surface area contributed by atoms with Crippen molar-refractivity contribution in [3.8, 4) is 11.3 Å². The van der Waals surface area contributed by atoms with Gasteiger partial charge in [0.05, 0.1) is 6.54 Å². The molecule has 2 aromatic carbocycles. The minimum atomic E-state index is -0.337. The van der Waals surface area contributed by atoms with E-state index in [1.165, 1.54) is 23.6 Å². The average molecular weight is 427 g/mol. The van der Waals surface area contributed by atoms with Gasteiger partial charge < -0.3 is 5.32 Å². The zero-order valence-electron chi connectivity index (χ0n) is 17.5. The summed E-state index contributed by atoms with van der Waals surface area (Å²) < 4.78 is 15.8. The number of benzene rings is 2. The number of aromatic nitrogens is 4. The normalized spacial score (nSPS) is 12.9. The number of amides is 1. The van der Waals surface area contributed by atoms with Gasteiger partial charge in [-0.05, 0) is 61.1 Å². The van der Waals surface area contributed by atoms with Gasteiger partial charge in [0.15, 0.2) is 5.69 Å². The topological polar surface area (TPSA) is 72.7 Å². The monoisotopic (exact) mass is 427 g/mol. The third kappa shape index (κ3) is 3.89. The quantitative estimate of drug-likeness (QED) is 0.503. The van der Waals surface area contributed by atoms with Gasteiger partial charge >= 0.3 is 0 Å². The number of rotatable bonds is 5. The van der Waals surface area contributed by atoms with Gasteiger partial charge in [0.25, 0.3) is 5.91 Å². The predicted octanol–water partition coefficient (Wildman–Crippen LogP) is 4.66. The molecule has 0 aliphatic heterocycles. The van der Waals surface area contributed by atoms with E-state index in [1.807, 2.05) is 12.1 Å². The molecule has 2 heterocycles. The molecule has 0 bridgehead atoms. The number of anilines is 1. The Morgan fingerprint density at radius 1 is 1.00 bits per heavy atom. The molecule has 32 heavy (non-hydrogen) atoms. The van der Waals surface area contributed by atoms with Crippen LogP contribution in [0, 0.1) is 5.82 Å². The van der Waals surface area contributed by atoms with Crippen molar-refractivity contribution in [1.29, 1.82) is 0 Å². The van der Waals surface area contributed by atoms with Crippen LogP contribution >= 0.6 is 0 Å². The summed E-state index contributed by atoms with van der Waals surface area (Å²) >= 11 is 0. The van der Waals surface area contributed by atoms with Crippen LogP contribution in [0.4, 0.5) is 10.1 Å². The summed E-state index contributed by atoms with van der Waals surface area (Å²) in [7, 11) is 0. The fourth-order valence-electron chi connectivity index (χ4n) is 4.24. The molecule has 0 radical (unpaired) electrons. The van der Waals surface area contributed by atoms with Crippen molar-refractivity contribution in [2.24, 2.45) is 0 Å². The highest BCUT2D eigenvalue weighted by atomic mass is 19.1. The first-order valence-electron chi connectivity index (χ1n) is 10.7. The van der Waals surface area contributed by atoms with Crippen LogP contribution in [0.15, 0.2) is 67.0 Å². The molecule has 4 aromatic rings. The second-order valence-corrected chi connectivity index (χ2v) is 7.88. The molecule has 0 unspecified atom stereocenters. The molecule has 1 aliphatic carbocycles. The van der Waals surface area contributed by atoms with Gasteiger partial charge in [-0.25, -0.2) is 9.07 Å². The van der Waals surface area contributed by atoms with E-state index in [1.54, 1.807) is 47.4 Å². The molecule has 7 heteroatoms. The minimum Gasteiger partial charge on any atom is -0.320 e. The molecule has 0 spiro atoms. The van der Waals surface area contributed by atoms with Crippen molar-refractivity contribution >= 4 is 11.6 Å². The largest absolute Gasteiger partial charge is 0.320 e. The molecule has 160 valence electrons. The maximum atomic E-state index is 14.3. The summed E-state index contributed by atoms with van der Waals surface area (Å²) in [5.41, 5.74) is 5.22. The van der Waals surface area contributed by atoms with E-state index in [0.717, 1.165) is 30.5 Å². The predicted molar refractivity (Wildman–Crippen MR) is 120 cm³/mol. The van der Waals surface area contributed by atoms with Crippen LogP contribution in [-0.4, -0.2) is 25.9 Å². The Morgan fingerprint density at radius 3 is 2.66 bits per heavy atom. The molecule has 0 saturated heterocycles. The Balaban J connectivity index is 1.52. The Morgan fingerprint density at radius 2 is 1.81 bits per heavy atom. The van der Waals surface area contributed by atoms with Crippen molar-refractivity contribution in [2.75, 3.05) is 5.32 Å². The fourth-order valence-corrected chi connectivity index (χ4v) is 4.24. The smallest absolute Gasteiger partial charge is 0.278 e. The standard InChI is InChI=1S/C25H22FN5O/c26-21-10-4-2-7-19(21)16-31-24(18-12-14-27-15-13-18)23(29-30-31)25(32)28-22-11-5-8-17-6-1-3-9-20(17)22/h2,4-5,7-8,10-15H,1,3,6,9,16H2,(H,28,32). The SMILES string of the molecule is O=C(Nc1cccc2c1CCCC2)c1nnn(Cc2ccccc2F)c1-c1ccncc1. The zero-order valence-corrected chi connectivity index (χ0v) is 17.5. The van der Waals surface area contributed by atoms with E-state index in [2.05, 4.69) is 26.7 Å². The van der Waals surface area contributed by atoms with Crippen LogP contribution in [0.3, 0.4) is 0 Å². The van der Waals surface area contributed by atoms with Crippen molar-refractivity contribution in [2.45, 2.75) is 32.2 Å². The zero-order chi connectivity index (χ0) is 21.9. The first kappa shape index (κ1) is 20.1. The summed E-state index contributed by atoms with van der Waals surface area (Å²) in [5, 5.41) is 11.4. The highest BCUT2D eigenvalue weighted by molar-refractivity contribution is 6.07. The van der Waals surface area contributed by atoms with Gasteiger partial charge in [-0.3, -0.25) is 9.78 Å². The van der Waals surface area contributed by atoms with E-state index < -0.39 is 0 Å². The third-order valence-corrected chi connectivity index (χ3v) is 5.83. The van der Waals surface area contributed by atoms with Crippen molar-refractivity contribution in [1.82, 2.24) is 20.0 Å². The van der Waals surface area contributed by atoms with Gasteiger partial charge in [-0.2, -0.15) is 0 Å². The Kier molecular flexibility index (Phi) is 5.46. The highest BCUT2D eigenvalue weighted by Crippen LogP contribution is 2.29. The van der Waals surface area contributed by atoms with Crippen LogP contribution < -0.4 is 5.32 Å². The maximum Gasteiger partial charge on any atom is 0.278 e. The van der Waals surface area contributed by atoms with Gasteiger partial charge in [0.1, 0.15) is 11.5 Å². The molecule has 0 atom stereocenters. The van der Waals surface area contributed by atoms with Gasteiger partial charge in [-0.15, -0.1) is 5.10 Å². The summed E-state index contributed by atoms with van der Waals surface area (Å²) in [5.74, 6) is -0.666. The van der Waals surface area contributed by atoms with Gasteiger partial charge in [0, 0.05) is 29.2 Å². The lowest BCUT2D eigenvalue weighted by molar-refractivity contribution is 0.102. The number of nitrogens with zero attached hydrogens (tertiary/aromatic N) is 4. The lowest BCUT2D eigenvalue weighted by atomic mass is 9.90. The van der Waals surface area contributed by atoms with Gasteiger partial charge in [0.2, 0.25) is 0 Å². The number of nitrogens with one attached hydrogen (secondary N) is 1. The summed E-state index contributed by atoms with van der Waals surface area (Å²) in [6.07, 6.45) is 7.54. The molecule has 1 amide bonds. The Bertz CT molecular complexity index is 1270. The maximum absolute atomic E-state index is 14.3. The molecule has 1 N–H and O–H groups in total. The highest BCUT2D eigenvalue weighted by Gasteiger charge is 2.23. The van der Waals surface area contributed by atoms with Crippen LogP contribution in [0.25, 0.3) is 11.3 Å². The van der Waals surface area contributed by atoms with Crippen LogP contribution in [0.2, 0.25) is 0 Å². The molecule has 2 aromatic heterocycles. The van der Waals surface area contributed by atoms with E-state index in [9.17, 15) is 9.18 Å². The minimum absolute atomic E-state index is 0.158. The lowest BCUT2D eigenvalue weighted by Gasteiger charge is -2.19. The van der Waals surface area contributed by atoms with E-state index >= 15 is 0 Å². The second-order valence-electron chi connectivity index (χ2n) is 7.88. The van der Waals surface area contributed by atoms with Crippen molar-refractivity contribution < 1.29 is 9.18 Å². The average Bonchev–Trinajstić information content (AvgIpc) is 3.25. The van der Waals surface area contributed by atoms with Crippen LogP contribution in [-0.2, 0) is 19.4 Å². The number of carbonyl (C=O) groups excluding carboxylic acids is 1. The van der Waals surface area contributed by atoms with Crippen LogP contribution in [0.5, 0.6) is 0 Å². The van der Waals surface area contributed by atoms with E-state index in [-0.39, 0.29) is 24.0 Å². The number of halogens is 1. The number of hydrogen-bond donors (Lipinski definition) is 1. The molecule has 1 aliphatic rings. The van der Waals surface area contributed by atoms with E-state index in [4.69, 9.17) is 0 Å². The summed E-state index contributed by atoms with van der Waals surface area (Å²) in [4.78, 5) is 17.4. The molecule has 6 nitrogen and oxygen atoms in total. The summed E-state index contributed by atoms with van der Waals surface area (Å²) in [6.45, 7) is 0.158. The first-order chi connectivity index (χ1) is 15.7. The van der Waals surface area contributed by atoms with Crippen molar-refractivity contribution in [3.63, 3.8) is 0 Å². The fraction of sp³-hybridized carbons (Fsp3) is 0.200. The van der Waals surface area contributed by atoms with Crippen LogP contribution in [0.1, 0.15) is 40.0 Å². The van der Waals surface area contributed by atoms with E-state index in [0.29, 0.717) is 11.3 Å².